The van der Waals surface area contributed by atoms with Gasteiger partial charge in [0.2, 0.25) is 0 Å². The molecule has 0 aliphatic rings. The van der Waals surface area contributed by atoms with Gasteiger partial charge >= 0.3 is 0 Å². The SMILES string of the molecule is Cc1ccc(CN(C)c2ccc(C(=N)N)cn2)cc1. The molecule has 0 radical (unpaired) electrons. The predicted octanol–water partition coefficient (Wildman–Crippen LogP) is 2.31. The number of benzene rings is 1. The van der Waals surface area contributed by atoms with Gasteiger partial charge in [-0.15, -0.1) is 0 Å². The van der Waals surface area contributed by atoms with Crippen molar-refractivity contribution in [2.24, 2.45) is 5.73 Å². The lowest BCUT2D eigenvalue weighted by Gasteiger charge is -2.18. The molecule has 0 bridgehead atoms. The molecule has 4 nitrogen and oxygen atoms in total. The molecule has 0 aliphatic carbocycles. The Morgan fingerprint density at radius 2 is 1.89 bits per heavy atom. The molecular weight excluding hydrogens is 236 g/mol. The highest BCUT2D eigenvalue weighted by atomic mass is 15.2. The number of aryl methyl sites for hydroxylation is 1. The van der Waals surface area contributed by atoms with Crippen LogP contribution < -0.4 is 10.6 Å². The molecule has 0 spiro atoms. The first-order valence-electron chi connectivity index (χ1n) is 6.13. The maximum absolute atomic E-state index is 7.34. The van der Waals surface area contributed by atoms with Gasteiger partial charge in [-0.3, -0.25) is 5.41 Å². The quantitative estimate of drug-likeness (QED) is 0.650. The van der Waals surface area contributed by atoms with Crippen LogP contribution in [0.4, 0.5) is 5.82 Å². The number of hydrogen-bond donors (Lipinski definition) is 2. The molecule has 0 amide bonds. The summed E-state index contributed by atoms with van der Waals surface area (Å²) in [7, 11) is 2.00. The van der Waals surface area contributed by atoms with E-state index in [0.29, 0.717) is 5.56 Å². The summed E-state index contributed by atoms with van der Waals surface area (Å²) in [5, 5.41) is 7.34. The lowest BCUT2D eigenvalue weighted by Crippen LogP contribution is -2.18. The Morgan fingerprint density at radius 3 is 2.42 bits per heavy atom. The van der Waals surface area contributed by atoms with E-state index in [1.165, 1.54) is 11.1 Å². The molecule has 3 N–H and O–H groups in total. The van der Waals surface area contributed by atoms with E-state index in [2.05, 4.69) is 41.1 Å². The Bertz CT molecular complexity index is 558. The third-order valence-electron chi connectivity index (χ3n) is 2.99. The number of nitrogens with one attached hydrogen (secondary N) is 1. The first kappa shape index (κ1) is 13.1. The van der Waals surface area contributed by atoms with Crippen molar-refractivity contribution in [2.75, 3.05) is 11.9 Å². The first-order valence-corrected chi connectivity index (χ1v) is 6.13. The van der Waals surface area contributed by atoms with Crippen LogP contribution in [-0.2, 0) is 6.54 Å². The van der Waals surface area contributed by atoms with Crippen LogP contribution in [0.25, 0.3) is 0 Å². The van der Waals surface area contributed by atoms with Crippen LogP contribution >= 0.6 is 0 Å². The highest BCUT2D eigenvalue weighted by Gasteiger charge is 2.04. The summed E-state index contributed by atoms with van der Waals surface area (Å²) in [6.07, 6.45) is 1.63. The molecule has 1 aromatic carbocycles. The van der Waals surface area contributed by atoms with Crippen molar-refractivity contribution in [1.29, 1.82) is 5.41 Å². The van der Waals surface area contributed by atoms with Crippen LogP contribution in [0.5, 0.6) is 0 Å². The number of hydrogen-bond acceptors (Lipinski definition) is 3. The number of nitrogens with two attached hydrogens (primary N) is 1. The fraction of sp³-hybridized carbons (Fsp3) is 0.200. The molecule has 19 heavy (non-hydrogen) atoms. The molecule has 0 unspecified atom stereocenters. The largest absolute Gasteiger partial charge is 0.384 e. The lowest BCUT2D eigenvalue weighted by molar-refractivity contribution is 0.897. The number of aromatic nitrogens is 1. The minimum atomic E-state index is 0.0419. The van der Waals surface area contributed by atoms with E-state index in [0.717, 1.165) is 12.4 Å². The van der Waals surface area contributed by atoms with E-state index in [1.807, 2.05) is 19.2 Å². The lowest BCUT2D eigenvalue weighted by atomic mass is 10.1. The number of pyridine rings is 1. The van der Waals surface area contributed by atoms with E-state index in [-0.39, 0.29) is 5.84 Å². The highest BCUT2D eigenvalue weighted by Crippen LogP contribution is 2.13. The van der Waals surface area contributed by atoms with E-state index < -0.39 is 0 Å². The van der Waals surface area contributed by atoms with Crippen molar-refractivity contribution >= 4 is 11.7 Å². The molecule has 4 heteroatoms. The molecule has 0 saturated heterocycles. The summed E-state index contributed by atoms with van der Waals surface area (Å²) in [6, 6.07) is 12.2. The third-order valence-corrected chi connectivity index (χ3v) is 2.99. The van der Waals surface area contributed by atoms with Gasteiger partial charge in [-0.2, -0.15) is 0 Å². The van der Waals surface area contributed by atoms with Crippen LogP contribution in [0.3, 0.4) is 0 Å². The van der Waals surface area contributed by atoms with Crippen LogP contribution in [-0.4, -0.2) is 17.9 Å². The van der Waals surface area contributed by atoms with Crippen molar-refractivity contribution in [3.8, 4) is 0 Å². The van der Waals surface area contributed by atoms with E-state index in [9.17, 15) is 0 Å². The zero-order valence-corrected chi connectivity index (χ0v) is 11.2. The summed E-state index contributed by atoms with van der Waals surface area (Å²) >= 11 is 0. The zero-order valence-electron chi connectivity index (χ0n) is 11.2. The average Bonchev–Trinajstić information content (AvgIpc) is 2.41. The fourth-order valence-corrected chi connectivity index (χ4v) is 1.82. The monoisotopic (exact) mass is 254 g/mol. The average molecular weight is 254 g/mol. The standard InChI is InChI=1S/C15H18N4/c1-11-3-5-12(6-4-11)10-19(2)14-8-7-13(9-18-14)15(16)17/h3-9H,10H2,1-2H3,(H3,16,17). The van der Waals surface area contributed by atoms with E-state index in [1.54, 1.807) is 6.20 Å². The molecular formula is C15H18N4. The van der Waals surface area contributed by atoms with Gasteiger partial charge in [-0.1, -0.05) is 29.8 Å². The van der Waals surface area contributed by atoms with Gasteiger partial charge in [0, 0.05) is 25.4 Å². The Morgan fingerprint density at radius 1 is 1.21 bits per heavy atom. The molecule has 2 aromatic rings. The van der Waals surface area contributed by atoms with Gasteiger partial charge < -0.3 is 10.6 Å². The van der Waals surface area contributed by atoms with Crippen LogP contribution in [0.2, 0.25) is 0 Å². The molecule has 1 aromatic heterocycles. The van der Waals surface area contributed by atoms with E-state index >= 15 is 0 Å². The summed E-state index contributed by atoms with van der Waals surface area (Å²) in [5.74, 6) is 0.908. The molecule has 0 aliphatic heterocycles. The summed E-state index contributed by atoms with van der Waals surface area (Å²) < 4.78 is 0. The Labute approximate surface area is 113 Å². The number of rotatable bonds is 4. The number of anilines is 1. The molecule has 0 atom stereocenters. The Hall–Kier alpha value is -2.36. The Balaban J connectivity index is 2.09. The summed E-state index contributed by atoms with van der Waals surface area (Å²) in [5.41, 5.74) is 8.55. The van der Waals surface area contributed by atoms with Gasteiger partial charge in [0.15, 0.2) is 0 Å². The van der Waals surface area contributed by atoms with Gasteiger partial charge in [0.25, 0.3) is 0 Å². The van der Waals surface area contributed by atoms with Crippen molar-refractivity contribution < 1.29 is 0 Å². The van der Waals surface area contributed by atoms with Gasteiger partial charge in [-0.25, -0.2) is 4.98 Å². The first-order chi connectivity index (χ1) is 9.06. The van der Waals surface area contributed by atoms with Crippen molar-refractivity contribution in [3.05, 3.63) is 59.3 Å². The van der Waals surface area contributed by atoms with Crippen molar-refractivity contribution in [3.63, 3.8) is 0 Å². The second kappa shape index (κ2) is 5.52. The number of nitrogen functional groups attached to an aromatic ring is 1. The molecule has 0 saturated carbocycles. The summed E-state index contributed by atoms with van der Waals surface area (Å²) in [4.78, 5) is 6.38. The van der Waals surface area contributed by atoms with Gasteiger partial charge in [0.05, 0.1) is 0 Å². The van der Waals surface area contributed by atoms with Crippen LogP contribution in [0, 0.1) is 12.3 Å². The normalized spacial score (nSPS) is 10.2. The minimum Gasteiger partial charge on any atom is -0.384 e. The molecule has 0 fully saturated rings. The Kier molecular flexibility index (Phi) is 3.80. The topological polar surface area (TPSA) is 66.0 Å². The van der Waals surface area contributed by atoms with Crippen LogP contribution in [0.15, 0.2) is 42.6 Å². The van der Waals surface area contributed by atoms with Crippen molar-refractivity contribution in [2.45, 2.75) is 13.5 Å². The maximum atomic E-state index is 7.34. The van der Waals surface area contributed by atoms with Crippen LogP contribution in [0.1, 0.15) is 16.7 Å². The predicted molar refractivity (Wildman–Crippen MR) is 78.5 cm³/mol. The van der Waals surface area contributed by atoms with Crippen molar-refractivity contribution in [1.82, 2.24) is 4.98 Å². The minimum absolute atomic E-state index is 0.0419. The molecule has 98 valence electrons. The van der Waals surface area contributed by atoms with Gasteiger partial charge in [-0.05, 0) is 24.6 Å². The second-order valence-corrected chi connectivity index (χ2v) is 4.66. The second-order valence-electron chi connectivity index (χ2n) is 4.66. The fourth-order valence-electron chi connectivity index (χ4n) is 1.82. The zero-order chi connectivity index (χ0) is 13.8. The number of amidine groups is 1. The third kappa shape index (κ3) is 3.31. The maximum Gasteiger partial charge on any atom is 0.128 e. The smallest absolute Gasteiger partial charge is 0.128 e. The molecule has 2 rings (SSSR count). The van der Waals surface area contributed by atoms with E-state index in [4.69, 9.17) is 11.1 Å². The van der Waals surface area contributed by atoms with Gasteiger partial charge in [0.1, 0.15) is 11.7 Å². The number of nitrogens with zero attached hydrogens (tertiary/aromatic N) is 2. The summed E-state index contributed by atoms with van der Waals surface area (Å²) in [6.45, 7) is 2.88. The highest BCUT2D eigenvalue weighted by molar-refractivity contribution is 5.94. The molecule has 1 heterocycles.